The number of esters is 1. The van der Waals surface area contributed by atoms with Crippen LogP contribution in [0, 0.1) is 20.2 Å². The number of hydrogen-bond donors (Lipinski definition) is 1. The fourth-order valence-electron chi connectivity index (χ4n) is 1.91. The monoisotopic (exact) mass is 281 g/mol. The molecule has 1 aromatic carbocycles. The summed E-state index contributed by atoms with van der Waals surface area (Å²) in [6.45, 7) is 0.683. The highest BCUT2D eigenvalue weighted by Crippen LogP contribution is 2.31. The standard InChI is InChI=1S/C11H11N3O6/c15-11(8-2-1-5-12-8)20-10-4-3-7(13(16)17)6-9(10)14(18)19/h3-4,6,8,12H,1-2,5H2/t8-/m0/s1. The minimum absolute atomic E-state index is 0.292. The van der Waals surface area contributed by atoms with Gasteiger partial charge in [0, 0.05) is 6.07 Å². The van der Waals surface area contributed by atoms with Gasteiger partial charge in [-0.15, -0.1) is 0 Å². The van der Waals surface area contributed by atoms with E-state index < -0.39 is 33.2 Å². The van der Waals surface area contributed by atoms with Crippen LogP contribution in [-0.2, 0) is 4.79 Å². The molecule has 1 atom stereocenters. The molecule has 1 fully saturated rings. The lowest BCUT2D eigenvalue weighted by atomic mass is 10.2. The lowest BCUT2D eigenvalue weighted by Gasteiger charge is -2.09. The van der Waals surface area contributed by atoms with Gasteiger partial charge in [0.15, 0.2) is 0 Å². The normalized spacial score (nSPS) is 17.7. The number of benzene rings is 1. The zero-order valence-electron chi connectivity index (χ0n) is 10.3. The maximum atomic E-state index is 11.8. The molecular formula is C11H11N3O6. The summed E-state index contributed by atoms with van der Waals surface area (Å²) in [5, 5.41) is 24.4. The molecule has 0 aliphatic carbocycles. The van der Waals surface area contributed by atoms with E-state index >= 15 is 0 Å². The van der Waals surface area contributed by atoms with Gasteiger partial charge < -0.3 is 10.1 Å². The molecule has 20 heavy (non-hydrogen) atoms. The van der Waals surface area contributed by atoms with E-state index in [0.29, 0.717) is 13.0 Å². The molecular weight excluding hydrogens is 270 g/mol. The topological polar surface area (TPSA) is 125 Å². The Morgan fingerprint density at radius 1 is 1.30 bits per heavy atom. The van der Waals surface area contributed by atoms with Crippen molar-refractivity contribution in [3.63, 3.8) is 0 Å². The predicted molar refractivity (Wildman–Crippen MR) is 66.4 cm³/mol. The minimum atomic E-state index is -0.822. The highest BCUT2D eigenvalue weighted by Gasteiger charge is 2.28. The first-order valence-electron chi connectivity index (χ1n) is 5.87. The lowest BCUT2D eigenvalue weighted by Crippen LogP contribution is -2.34. The molecule has 9 heteroatoms. The SMILES string of the molecule is O=C(Oc1ccc([N+](=O)[O-])cc1[N+](=O)[O-])[C@@H]1CCCN1. The quantitative estimate of drug-likeness (QED) is 0.380. The molecule has 0 aromatic heterocycles. The average Bonchev–Trinajstić information content (AvgIpc) is 2.92. The van der Waals surface area contributed by atoms with Gasteiger partial charge in [-0.3, -0.25) is 20.2 Å². The molecule has 1 heterocycles. The van der Waals surface area contributed by atoms with Crippen molar-refractivity contribution in [1.29, 1.82) is 0 Å². The van der Waals surface area contributed by atoms with Gasteiger partial charge in [-0.2, -0.15) is 0 Å². The molecule has 9 nitrogen and oxygen atoms in total. The largest absolute Gasteiger partial charge is 0.418 e. The smallest absolute Gasteiger partial charge is 0.328 e. The predicted octanol–water partition coefficient (Wildman–Crippen LogP) is 1.16. The molecule has 2 rings (SSSR count). The Labute approximate surface area is 112 Å². The number of carbonyl (C=O) groups is 1. The molecule has 0 bridgehead atoms. The van der Waals surface area contributed by atoms with Crippen LogP contribution in [0.25, 0.3) is 0 Å². The number of ether oxygens (including phenoxy) is 1. The van der Waals surface area contributed by atoms with Crippen LogP contribution in [0.1, 0.15) is 12.8 Å². The van der Waals surface area contributed by atoms with E-state index in [1.807, 2.05) is 0 Å². The number of rotatable bonds is 4. The lowest BCUT2D eigenvalue weighted by molar-refractivity contribution is -0.394. The summed E-state index contributed by atoms with van der Waals surface area (Å²) >= 11 is 0. The molecule has 0 radical (unpaired) electrons. The zero-order chi connectivity index (χ0) is 14.7. The van der Waals surface area contributed by atoms with E-state index in [1.165, 1.54) is 0 Å². The Balaban J connectivity index is 2.24. The van der Waals surface area contributed by atoms with E-state index in [0.717, 1.165) is 24.6 Å². The van der Waals surface area contributed by atoms with Gasteiger partial charge in [0.1, 0.15) is 6.04 Å². The van der Waals surface area contributed by atoms with Gasteiger partial charge in [0.05, 0.1) is 15.9 Å². The van der Waals surface area contributed by atoms with Gasteiger partial charge in [-0.1, -0.05) is 0 Å². The Morgan fingerprint density at radius 2 is 2.05 bits per heavy atom. The number of non-ortho nitro benzene ring substituents is 1. The van der Waals surface area contributed by atoms with Crippen molar-refractivity contribution < 1.29 is 19.4 Å². The van der Waals surface area contributed by atoms with Crippen LogP contribution in [-0.4, -0.2) is 28.4 Å². The average molecular weight is 281 g/mol. The van der Waals surface area contributed by atoms with Gasteiger partial charge in [-0.05, 0) is 25.5 Å². The van der Waals surface area contributed by atoms with Crippen LogP contribution in [0.4, 0.5) is 11.4 Å². The van der Waals surface area contributed by atoms with Crippen molar-refractivity contribution in [2.24, 2.45) is 0 Å². The third-order valence-electron chi connectivity index (χ3n) is 2.91. The third kappa shape index (κ3) is 2.88. The highest BCUT2D eigenvalue weighted by molar-refractivity contribution is 5.79. The fourth-order valence-corrected chi connectivity index (χ4v) is 1.91. The second-order valence-corrected chi connectivity index (χ2v) is 4.24. The Bertz CT molecular complexity index is 567. The number of nitrogens with one attached hydrogen (secondary N) is 1. The van der Waals surface area contributed by atoms with Crippen molar-refractivity contribution in [2.75, 3.05) is 6.54 Å². The molecule has 1 aromatic rings. The summed E-state index contributed by atoms with van der Waals surface area (Å²) in [7, 11) is 0. The molecule has 1 N–H and O–H groups in total. The summed E-state index contributed by atoms with van der Waals surface area (Å²) in [6, 6.07) is 2.38. The first kappa shape index (κ1) is 13.9. The van der Waals surface area contributed by atoms with Gasteiger partial charge in [-0.25, -0.2) is 4.79 Å². The molecule has 0 saturated carbocycles. The van der Waals surface area contributed by atoms with Gasteiger partial charge in [0.2, 0.25) is 5.75 Å². The van der Waals surface area contributed by atoms with Gasteiger partial charge in [0.25, 0.3) is 5.69 Å². The van der Waals surface area contributed by atoms with E-state index in [-0.39, 0.29) is 5.75 Å². The maximum absolute atomic E-state index is 11.8. The number of nitro groups is 2. The zero-order valence-corrected chi connectivity index (χ0v) is 10.3. The molecule has 0 amide bonds. The van der Waals surface area contributed by atoms with Crippen molar-refractivity contribution >= 4 is 17.3 Å². The Hall–Kier alpha value is -2.55. The molecule has 0 spiro atoms. The van der Waals surface area contributed by atoms with Crippen LogP contribution >= 0.6 is 0 Å². The summed E-state index contributed by atoms with van der Waals surface area (Å²) in [5.74, 6) is -0.918. The molecule has 1 aliphatic rings. The Kier molecular flexibility index (Phi) is 3.89. The van der Waals surface area contributed by atoms with Crippen molar-refractivity contribution in [3.8, 4) is 5.75 Å². The fraction of sp³-hybridized carbons (Fsp3) is 0.364. The van der Waals surface area contributed by atoms with E-state index in [2.05, 4.69) is 5.32 Å². The van der Waals surface area contributed by atoms with Crippen LogP contribution in [0.15, 0.2) is 18.2 Å². The minimum Gasteiger partial charge on any atom is -0.418 e. The first-order chi connectivity index (χ1) is 9.49. The highest BCUT2D eigenvalue weighted by atomic mass is 16.6. The van der Waals surface area contributed by atoms with Crippen molar-refractivity contribution in [2.45, 2.75) is 18.9 Å². The molecule has 106 valence electrons. The van der Waals surface area contributed by atoms with Crippen molar-refractivity contribution in [3.05, 3.63) is 38.4 Å². The molecule has 1 saturated heterocycles. The summed E-state index contributed by atoms with van der Waals surface area (Å²) < 4.78 is 4.96. The number of carbonyl (C=O) groups excluding carboxylic acids is 1. The number of nitrogens with zero attached hydrogens (tertiary/aromatic N) is 2. The summed E-state index contributed by atoms with van der Waals surface area (Å²) in [5.41, 5.74) is -1.04. The second kappa shape index (κ2) is 5.61. The molecule has 0 unspecified atom stereocenters. The van der Waals surface area contributed by atoms with Crippen LogP contribution in [0.3, 0.4) is 0 Å². The second-order valence-electron chi connectivity index (χ2n) is 4.24. The third-order valence-corrected chi connectivity index (χ3v) is 2.91. The van der Waals surface area contributed by atoms with Crippen molar-refractivity contribution in [1.82, 2.24) is 5.32 Å². The van der Waals surface area contributed by atoms with Crippen LogP contribution in [0.2, 0.25) is 0 Å². The summed E-state index contributed by atoms with van der Waals surface area (Å²) in [4.78, 5) is 31.7. The first-order valence-corrected chi connectivity index (χ1v) is 5.87. The number of nitro benzene ring substituents is 2. The molecule has 1 aliphatic heterocycles. The van der Waals surface area contributed by atoms with Gasteiger partial charge >= 0.3 is 11.7 Å². The van der Waals surface area contributed by atoms with E-state index in [4.69, 9.17) is 4.74 Å². The van der Waals surface area contributed by atoms with Crippen LogP contribution in [0.5, 0.6) is 5.75 Å². The number of hydrogen-bond acceptors (Lipinski definition) is 7. The van der Waals surface area contributed by atoms with E-state index in [1.54, 1.807) is 0 Å². The maximum Gasteiger partial charge on any atom is 0.328 e. The Morgan fingerprint density at radius 3 is 2.60 bits per heavy atom. The van der Waals surface area contributed by atoms with Crippen LogP contribution < -0.4 is 10.1 Å². The summed E-state index contributed by atoms with van der Waals surface area (Å²) in [6.07, 6.45) is 1.42. The van der Waals surface area contributed by atoms with E-state index in [9.17, 15) is 25.0 Å².